The van der Waals surface area contributed by atoms with E-state index in [-0.39, 0.29) is 0 Å². The zero-order valence-electron chi connectivity index (χ0n) is 22.4. The SMILES string of the molecule is CCc1cccc(CC)c1-c1cc(OC2CCCC2)c(CN2CCCC(c3ccccc3)C2)c(C)n1. The van der Waals surface area contributed by atoms with Gasteiger partial charge in [0.05, 0.1) is 11.8 Å². The topological polar surface area (TPSA) is 25.4 Å². The first kappa shape index (κ1) is 25.0. The van der Waals surface area contributed by atoms with Gasteiger partial charge in [-0.2, -0.15) is 0 Å². The summed E-state index contributed by atoms with van der Waals surface area (Å²) in [6.45, 7) is 9.85. The molecule has 5 rings (SSSR count). The highest BCUT2D eigenvalue weighted by Crippen LogP contribution is 2.36. The molecule has 1 aliphatic heterocycles. The summed E-state index contributed by atoms with van der Waals surface area (Å²) in [5.41, 5.74) is 9.03. The standard InChI is InChI=1S/C33H42N2O/c1-4-25-15-11-16-26(5-2)33(25)31-21-32(36-29-18-9-10-19-29)30(24(3)34-31)23-35-20-12-17-28(22-35)27-13-7-6-8-14-27/h6-8,11,13-16,21,28-29H,4-5,9-10,12,17-20,22-23H2,1-3H3. The van der Waals surface area contributed by atoms with Gasteiger partial charge >= 0.3 is 0 Å². The number of hydrogen-bond acceptors (Lipinski definition) is 3. The van der Waals surface area contributed by atoms with E-state index in [1.165, 1.54) is 66.3 Å². The van der Waals surface area contributed by atoms with Crippen molar-refractivity contribution in [1.29, 1.82) is 0 Å². The quantitative estimate of drug-likeness (QED) is 0.326. The number of pyridine rings is 1. The zero-order valence-corrected chi connectivity index (χ0v) is 22.4. The Kier molecular flexibility index (Phi) is 8.06. The van der Waals surface area contributed by atoms with Crippen LogP contribution in [0.3, 0.4) is 0 Å². The smallest absolute Gasteiger partial charge is 0.128 e. The van der Waals surface area contributed by atoms with Crippen LogP contribution in [0.15, 0.2) is 54.6 Å². The summed E-state index contributed by atoms with van der Waals surface area (Å²) < 4.78 is 6.78. The van der Waals surface area contributed by atoms with Gasteiger partial charge in [0, 0.05) is 36.0 Å². The molecule has 2 fully saturated rings. The van der Waals surface area contributed by atoms with Crippen LogP contribution in [0.4, 0.5) is 0 Å². The fourth-order valence-electron chi connectivity index (χ4n) is 6.27. The van der Waals surface area contributed by atoms with Gasteiger partial charge in [0.25, 0.3) is 0 Å². The zero-order chi connectivity index (χ0) is 24.9. The number of rotatable bonds is 8. The van der Waals surface area contributed by atoms with Crippen LogP contribution in [0.1, 0.15) is 86.2 Å². The van der Waals surface area contributed by atoms with Crippen LogP contribution in [0.25, 0.3) is 11.3 Å². The van der Waals surface area contributed by atoms with E-state index >= 15 is 0 Å². The van der Waals surface area contributed by atoms with Gasteiger partial charge in [0.1, 0.15) is 5.75 Å². The summed E-state index contributed by atoms with van der Waals surface area (Å²) in [4.78, 5) is 7.86. The summed E-state index contributed by atoms with van der Waals surface area (Å²) in [5, 5.41) is 0. The van der Waals surface area contributed by atoms with Gasteiger partial charge in [-0.05, 0) is 87.4 Å². The average Bonchev–Trinajstić information content (AvgIpc) is 3.43. The molecule has 0 N–H and O–H groups in total. The van der Waals surface area contributed by atoms with Crippen molar-refractivity contribution in [2.24, 2.45) is 0 Å². The van der Waals surface area contributed by atoms with Gasteiger partial charge < -0.3 is 4.74 Å². The molecule has 1 saturated heterocycles. The Balaban J connectivity index is 1.48. The van der Waals surface area contributed by atoms with Gasteiger partial charge in [-0.3, -0.25) is 9.88 Å². The van der Waals surface area contributed by atoms with Gasteiger partial charge in [0.2, 0.25) is 0 Å². The number of aromatic nitrogens is 1. The maximum Gasteiger partial charge on any atom is 0.128 e. The first-order valence-electron chi connectivity index (χ1n) is 14.2. The van der Waals surface area contributed by atoms with E-state index in [2.05, 4.69) is 80.3 Å². The number of piperidine rings is 1. The first-order valence-corrected chi connectivity index (χ1v) is 14.2. The molecule has 0 radical (unpaired) electrons. The maximum absolute atomic E-state index is 6.78. The van der Waals surface area contributed by atoms with Crippen LogP contribution in [0.5, 0.6) is 5.75 Å². The lowest BCUT2D eigenvalue weighted by atomic mass is 9.90. The molecule has 1 saturated carbocycles. The fourth-order valence-corrected chi connectivity index (χ4v) is 6.27. The van der Waals surface area contributed by atoms with Crippen LogP contribution in [-0.2, 0) is 19.4 Å². The minimum Gasteiger partial charge on any atom is -0.490 e. The van der Waals surface area contributed by atoms with Crippen molar-refractivity contribution in [3.8, 4) is 17.0 Å². The van der Waals surface area contributed by atoms with Gasteiger partial charge in [-0.15, -0.1) is 0 Å². The summed E-state index contributed by atoms with van der Waals surface area (Å²) in [6.07, 6.45) is 9.77. The van der Waals surface area contributed by atoms with E-state index in [1.807, 2.05) is 0 Å². The van der Waals surface area contributed by atoms with E-state index in [9.17, 15) is 0 Å². The second-order valence-corrected chi connectivity index (χ2v) is 10.7. The molecular formula is C33H42N2O. The van der Waals surface area contributed by atoms with Crippen LogP contribution < -0.4 is 4.74 Å². The number of benzene rings is 2. The maximum atomic E-state index is 6.78. The van der Waals surface area contributed by atoms with Crippen molar-refractivity contribution < 1.29 is 4.74 Å². The second kappa shape index (κ2) is 11.6. The molecule has 2 aromatic carbocycles. The third-order valence-electron chi connectivity index (χ3n) is 8.30. The second-order valence-electron chi connectivity index (χ2n) is 10.7. The normalized spacial score (nSPS) is 19.0. The first-order chi connectivity index (χ1) is 17.7. The van der Waals surface area contributed by atoms with Crippen LogP contribution >= 0.6 is 0 Å². The number of nitrogens with zero attached hydrogens (tertiary/aromatic N) is 2. The highest BCUT2D eigenvalue weighted by atomic mass is 16.5. The molecule has 1 unspecified atom stereocenters. The van der Waals surface area contributed by atoms with E-state index in [4.69, 9.17) is 9.72 Å². The predicted molar refractivity (Wildman–Crippen MR) is 150 cm³/mol. The molecule has 2 aliphatic rings. The Morgan fingerprint density at radius 3 is 2.31 bits per heavy atom. The molecule has 0 spiro atoms. The molecule has 1 aliphatic carbocycles. The lowest BCUT2D eigenvalue weighted by molar-refractivity contribution is 0.183. The average molecular weight is 483 g/mol. The summed E-state index contributed by atoms with van der Waals surface area (Å²) in [7, 11) is 0. The lowest BCUT2D eigenvalue weighted by Gasteiger charge is -2.34. The monoisotopic (exact) mass is 482 g/mol. The summed E-state index contributed by atoms with van der Waals surface area (Å²) in [5.74, 6) is 1.68. The molecule has 3 nitrogen and oxygen atoms in total. The largest absolute Gasteiger partial charge is 0.490 e. The van der Waals surface area contributed by atoms with Crippen molar-refractivity contribution in [2.45, 2.75) is 90.7 Å². The van der Waals surface area contributed by atoms with Crippen molar-refractivity contribution in [2.75, 3.05) is 13.1 Å². The molecular weight excluding hydrogens is 440 g/mol. The molecule has 1 aromatic heterocycles. The minimum atomic E-state index is 0.337. The van der Waals surface area contributed by atoms with Gasteiger partial charge in [0.15, 0.2) is 0 Å². The molecule has 0 amide bonds. The summed E-state index contributed by atoms with van der Waals surface area (Å²) >= 11 is 0. The van der Waals surface area contributed by atoms with Crippen molar-refractivity contribution in [3.05, 3.63) is 82.5 Å². The van der Waals surface area contributed by atoms with Gasteiger partial charge in [-0.25, -0.2) is 0 Å². The molecule has 36 heavy (non-hydrogen) atoms. The van der Waals surface area contributed by atoms with E-state index in [0.29, 0.717) is 12.0 Å². The van der Waals surface area contributed by atoms with Crippen molar-refractivity contribution in [3.63, 3.8) is 0 Å². The fraction of sp³-hybridized carbons (Fsp3) is 0.485. The predicted octanol–water partition coefficient (Wildman–Crippen LogP) is 7.88. The van der Waals surface area contributed by atoms with E-state index in [1.54, 1.807) is 0 Å². The molecule has 0 bridgehead atoms. The number of aryl methyl sites for hydroxylation is 3. The van der Waals surface area contributed by atoms with E-state index < -0.39 is 0 Å². The van der Waals surface area contributed by atoms with Crippen LogP contribution in [0.2, 0.25) is 0 Å². The van der Waals surface area contributed by atoms with Gasteiger partial charge in [-0.1, -0.05) is 62.4 Å². The Morgan fingerprint density at radius 1 is 0.889 bits per heavy atom. The number of hydrogen-bond donors (Lipinski definition) is 0. The van der Waals surface area contributed by atoms with Crippen LogP contribution in [-0.4, -0.2) is 29.1 Å². The highest BCUT2D eigenvalue weighted by molar-refractivity contribution is 5.70. The Morgan fingerprint density at radius 2 is 1.61 bits per heavy atom. The van der Waals surface area contributed by atoms with E-state index in [0.717, 1.165) is 49.6 Å². The molecule has 3 heteroatoms. The molecule has 2 heterocycles. The highest BCUT2D eigenvalue weighted by Gasteiger charge is 2.26. The minimum absolute atomic E-state index is 0.337. The lowest BCUT2D eigenvalue weighted by Crippen LogP contribution is -2.34. The summed E-state index contributed by atoms with van der Waals surface area (Å²) in [6, 6.07) is 20.0. The number of ether oxygens (including phenoxy) is 1. The third kappa shape index (κ3) is 5.52. The van der Waals surface area contributed by atoms with Crippen LogP contribution in [0, 0.1) is 6.92 Å². The van der Waals surface area contributed by atoms with Crippen molar-refractivity contribution in [1.82, 2.24) is 9.88 Å². The van der Waals surface area contributed by atoms with Crippen molar-refractivity contribution >= 4 is 0 Å². The molecule has 1 atom stereocenters. The Hall–Kier alpha value is -2.65. The Labute approximate surface area is 217 Å². The molecule has 3 aromatic rings. The number of likely N-dealkylation sites (tertiary alicyclic amines) is 1. The molecule has 190 valence electrons. The third-order valence-corrected chi connectivity index (χ3v) is 8.30. The Bertz CT molecular complexity index is 1130.